The molecule has 4 aromatic heterocycles. The molecule has 3 amide bonds. The number of nitrogens with one attached hydrogen (secondary N) is 2. The molecule has 5 aromatic rings. The van der Waals surface area contributed by atoms with Gasteiger partial charge in [0, 0.05) is 73.2 Å². The van der Waals surface area contributed by atoms with Crippen LogP contribution in [0.5, 0.6) is 0 Å². The Bertz CT molecular complexity index is 2580. The predicted molar refractivity (Wildman–Crippen MR) is 219 cm³/mol. The first-order chi connectivity index (χ1) is 27.8. The lowest BCUT2D eigenvalue weighted by Crippen LogP contribution is -2.52. The molecule has 3 fully saturated rings. The first-order valence-corrected chi connectivity index (χ1v) is 21.8. The van der Waals surface area contributed by atoms with E-state index in [1.54, 1.807) is 17.2 Å². The second kappa shape index (κ2) is 14.8. The molecular formula is C39H43BrN12O5S. The third kappa shape index (κ3) is 7.02. The molecule has 1 atom stereocenters. The molecule has 302 valence electrons. The van der Waals surface area contributed by atoms with Crippen molar-refractivity contribution in [2.24, 2.45) is 0 Å². The van der Waals surface area contributed by atoms with Gasteiger partial charge in [0.05, 0.1) is 34.1 Å². The van der Waals surface area contributed by atoms with Crippen LogP contribution in [0.2, 0.25) is 0 Å². The molecular weight excluding hydrogens is 828 g/mol. The summed E-state index contributed by atoms with van der Waals surface area (Å²) >= 11 is 3.80. The molecule has 19 heteroatoms. The van der Waals surface area contributed by atoms with Crippen LogP contribution in [0.25, 0.3) is 22.3 Å². The van der Waals surface area contributed by atoms with Gasteiger partial charge in [-0.1, -0.05) is 22.0 Å². The number of amides is 3. The molecule has 58 heavy (non-hydrogen) atoms. The Hall–Kier alpha value is -5.27. The van der Waals surface area contributed by atoms with E-state index in [1.807, 2.05) is 29.1 Å². The fourth-order valence-corrected chi connectivity index (χ4v) is 10.3. The van der Waals surface area contributed by atoms with Gasteiger partial charge in [-0.05, 0) is 76.3 Å². The van der Waals surface area contributed by atoms with E-state index in [9.17, 15) is 22.8 Å². The average molecular weight is 872 g/mol. The van der Waals surface area contributed by atoms with Gasteiger partial charge in [-0.25, -0.2) is 23.4 Å². The molecule has 1 aromatic carbocycles. The average Bonchev–Trinajstić information content (AvgIpc) is 3.69. The number of hydrogen-bond donors (Lipinski definition) is 2. The number of carbonyl (C=O) groups is 3. The number of anilines is 3. The highest BCUT2D eigenvalue weighted by Gasteiger charge is 2.41. The van der Waals surface area contributed by atoms with Crippen LogP contribution in [0.15, 0.2) is 53.5 Å². The Morgan fingerprint density at radius 1 is 1.02 bits per heavy atom. The smallest absolute Gasteiger partial charge is 0.256 e. The SMILES string of the molecule is CC(C)n1nc(N2CCC(N(C)Cc3ccc4c(c3Br)CN(C3CCC(=O)NC3=O)C4=O)CC2)c2cnc(Nc3ccnc(-c4cnn(S(=O)(=O)C5CC5)c4)n3)cc21. The summed E-state index contributed by atoms with van der Waals surface area (Å²) in [6.45, 7) is 6.86. The zero-order valence-electron chi connectivity index (χ0n) is 32.3. The quantitative estimate of drug-likeness (QED) is 0.178. The lowest BCUT2D eigenvalue weighted by Gasteiger charge is -2.37. The Labute approximate surface area is 343 Å². The molecule has 1 unspecified atom stereocenters. The van der Waals surface area contributed by atoms with Crippen LogP contribution in [-0.4, -0.2) is 107 Å². The number of halogens is 1. The molecule has 4 aliphatic rings. The Morgan fingerprint density at radius 2 is 1.81 bits per heavy atom. The van der Waals surface area contributed by atoms with Crippen molar-refractivity contribution in [3.63, 3.8) is 0 Å². The van der Waals surface area contributed by atoms with Gasteiger partial charge in [0.25, 0.3) is 15.9 Å². The summed E-state index contributed by atoms with van der Waals surface area (Å²) < 4.78 is 29.2. The summed E-state index contributed by atoms with van der Waals surface area (Å²) in [6, 6.07) is 7.34. The summed E-state index contributed by atoms with van der Waals surface area (Å²) in [5.41, 5.74) is 3.99. The van der Waals surface area contributed by atoms with E-state index in [2.05, 4.69) is 72.3 Å². The first kappa shape index (κ1) is 38.3. The number of fused-ring (bicyclic) bond motifs is 2. The maximum Gasteiger partial charge on any atom is 0.256 e. The number of rotatable bonds is 11. The van der Waals surface area contributed by atoms with Crippen molar-refractivity contribution in [2.75, 3.05) is 30.4 Å². The van der Waals surface area contributed by atoms with Gasteiger partial charge >= 0.3 is 0 Å². The highest BCUT2D eigenvalue weighted by Crippen LogP contribution is 2.37. The van der Waals surface area contributed by atoms with Gasteiger partial charge in [0.1, 0.15) is 17.7 Å². The van der Waals surface area contributed by atoms with Crippen molar-refractivity contribution in [1.82, 2.24) is 49.0 Å². The minimum atomic E-state index is -3.50. The van der Waals surface area contributed by atoms with Crippen molar-refractivity contribution in [2.45, 2.75) is 88.8 Å². The Kier molecular flexibility index (Phi) is 9.79. The molecule has 2 saturated heterocycles. The lowest BCUT2D eigenvalue weighted by atomic mass is 10.0. The number of imide groups is 1. The van der Waals surface area contributed by atoms with Crippen LogP contribution < -0.4 is 15.5 Å². The number of benzene rings is 1. The van der Waals surface area contributed by atoms with Crippen LogP contribution in [0.1, 0.15) is 79.9 Å². The molecule has 0 radical (unpaired) electrons. The van der Waals surface area contributed by atoms with E-state index in [4.69, 9.17) is 10.1 Å². The molecule has 7 heterocycles. The summed E-state index contributed by atoms with van der Waals surface area (Å²) in [6.07, 6.45) is 10.1. The standard InChI is InChI=1S/C39H43BrN12O5S/c1-22(2)52-31-16-33(44-32-10-13-41-36(45-32)24-17-43-51(20-24)58(56,57)26-5-6-26)42-18-28(31)37(47-52)49-14-11-25(12-15-49)48(3)19-23-4-7-27-29(35(23)40)21-50(39(27)55)30-8-9-34(53)46-38(30)54/h4,7,10,13,16-18,20,22,25-26,30H,5-6,8-9,11-12,14-15,19,21H2,1-3H3,(H,46,53,54)(H,41,42,44,45). The largest absolute Gasteiger partial charge is 0.354 e. The Morgan fingerprint density at radius 3 is 2.55 bits per heavy atom. The normalized spacial score (nSPS) is 19.1. The van der Waals surface area contributed by atoms with Crippen LogP contribution in [-0.2, 0) is 32.7 Å². The van der Waals surface area contributed by atoms with Gasteiger partial charge in [-0.2, -0.15) is 14.3 Å². The van der Waals surface area contributed by atoms with Gasteiger partial charge in [-0.15, -0.1) is 0 Å². The Balaban J connectivity index is 0.859. The summed E-state index contributed by atoms with van der Waals surface area (Å²) in [5.74, 6) is 1.45. The van der Waals surface area contributed by atoms with Gasteiger partial charge < -0.3 is 15.1 Å². The molecule has 0 spiro atoms. The fourth-order valence-electron chi connectivity index (χ4n) is 8.18. The second-order valence-corrected chi connectivity index (χ2v) is 18.6. The van der Waals surface area contributed by atoms with Crippen LogP contribution in [0, 0.1) is 0 Å². The van der Waals surface area contributed by atoms with Crippen molar-refractivity contribution < 1.29 is 22.8 Å². The van der Waals surface area contributed by atoms with Crippen LogP contribution in [0.4, 0.5) is 17.5 Å². The number of aromatic nitrogens is 7. The molecule has 0 bridgehead atoms. The highest BCUT2D eigenvalue weighted by atomic mass is 79.9. The molecule has 1 saturated carbocycles. The van der Waals surface area contributed by atoms with E-state index in [0.29, 0.717) is 67.0 Å². The van der Waals surface area contributed by atoms with Crippen molar-refractivity contribution in [3.8, 4) is 11.4 Å². The number of hydrogen-bond acceptors (Lipinski definition) is 13. The summed E-state index contributed by atoms with van der Waals surface area (Å²) in [7, 11) is -1.36. The summed E-state index contributed by atoms with van der Waals surface area (Å²) in [5, 5.41) is 15.4. The predicted octanol–water partition coefficient (Wildman–Crippen LogP) is 4.37. The molecule has 3 aliphatic heterocycles. The molecule has 1 aliphatic carbocycles. The monoisotopic (exact) mass is 870 g/mol. The first-order valence-electron chi connectivity index (χ1n) is 19.5. The van der Waals surface area contributed by atoms with E-state index < -0.39 is 22.0 Å². The maximum atomic E-state index is 13.3. The molecule has 9 rings (SSSR count). The number of pyridine rings is 1. The van der Waals surface area contributed by atoms with Crippen LogP contribution in [0.3, 0.4) is 0 Å². The summed E-state index contributed by atoms with van der Waals surface area (Å²) in [4.78, 5) is 57.5. The minimum absolute atomic E-state index is 0.0986. The van der Waals surface area contributed by atoms with Gasteiger partial charge in [0.2, 0.25) is 11.8 Å². The number of nitrogens with zero attached hydrogens (tertiary/aromatic N) is 10. The van der Waals surface area contributed by atoms with E-state index in [1.165, 1.54) is 12.4 Å². The van der Waals surface area contributed by atoms with Crippen molar-refractivity contribution in [3.05, 3.63) is 70.2 Å². The third-order valence-corrected chi connectivity index (χ3v) is 14.6. The minimum Gasteiger partial charge on any atom is -0.354 e. The maximum absolute atomic E-state index is 13.3. The number of piperidine rings is 2. The number of carbonyl (C=O) groups excluding carboxylic acids is 3. The van der Waals surface area contributed by atoms with Crippen LogP contribution >= 0.6 is 15.9 Å². The topological polar surface area (TPSA) is 193 Å². The van der Waals surface area contributed by atoms with E-state index >= 15 is 0 Å². The van der Waals surface area contributed by atoms with Crippen molar-refractivity contribution in [1.29, 1.82) is 0 Å². The zero-order chi connectivity index (χ0) is 40.5. The van der Waals surface area contributed by atoms with Gasteiger partial charge in [0.15, 0.2) is 11.6 Å². The highest BCUT2D eigenvalue weighted by molar-refractivity contribution is 9.10. The second-order valence-electron chi connectivity index (χ2n) is 15.8. The fraction of sp³-hybridized carbons (Fsp3) is 0.436. The van der Waals surface area contributed by atoms with E-state index in [0.717, 1.165) is 62.3 Å². The molecule has 2 N–H and O–H groups in total. The lowest BCUT2D eigenvalue weighted by molar-refractivity contribution is -0.136. The molecule has 17 nitrogen and oxygen atoms in total. The third-order valence-electron chi connectivity index (χ3n) is 11.5. The van der Waals surface area contributed by atoms with E-state index in [-0.39, 0.29) is 29.5 Å². The van der Waals surface area contributed by atoms with Crippen molar-refractivity contribution >= 4 is 72.0 Å². The zero-order valence-corrected chi connectivity index (χ0v) is 34.7. The van der Waals surface area contributed by atoms with Gasteiger partial charge in [-0.3, -0.25) is 29.3 Å².